The Morgan fingerprint density at radius 3 is 1.95 bits per heavy atom. The molecule has 1 N–H and O–H groups in total. The standard InChI is InChI=1S/C18H30BrNO/c1-13(2)8-10-20(11-9-14(3)4)18-12-16(19)6-7-17(18)15(5)21/h6-7,12-15,21H,8-11H2,1-5H3. The number of aliphatic hydroxyl groups excluding tert-OH is 1. The van der Waals surface area contributed by atoms with Crippen molar-refractivity contribution in [2.24, 2.45) is 11.8 Å². The molecule has 0 aliphatic rings. The molecular formula is C18H30BrNO. The van der Waals surface area contributed by atoms with Crippen LogP contribution in [0.2, 0.25) is 0 Å². The number of hydrogen-bond donors (Lipinski definition) is 1. The number of halogens is 1. The second-order valence-corrected chi connectivity index (χ2v) is 7.65. The van der Waals surface area contributed by atoms with E-state index in [1.54, 1.807) is 0 Å². The summed E-state index contributed by atoms with van der Waals surface area (Å²) in [6.45, 7) is 13.0. The summed E-state index contributed by atoms with van der Waals surface area (Å²) >= 11 is 3.57. The van der Waals surface area contributed by atoms with E-state index >= 15 is 0 Å². The maximum absolute atomic E-state index is 10.1. The number of benzene rings is 1. The number of hydrogen-bond acceptors (Lipinski definition) is 2. The molecule has 1 aromatic carbocycles. The largest absolute Gasteiger partial charge is 0.389 e. The van der Waals surface area contributed by atoms with Crippen molar-refractivity contribution in [3.05, 3.63) is 28.2 Å². The average Bonchev–Trinajstić information content (AvgIpc) is 2.37. The van der Waals surface area contributed by atoms with E-state index < -0.39 is 6.10 Å². The Kier molecular flexibility index (Phi) is 7.75. The highest BCUT2D eigenvalue weighted by molar-refractivity contribution is 9.10. The van der Waals surface area contributed by atoms with Crippen molar-refractivity contribution in [2.45, 2.75) is 53.6 Å². The molecule has 0 aliphatic heterocycles. The van der Waals surface area contributed by atoms with Crippen molar-refractivity contribution in [2.75, 3.05) is 18.0 Å². The number of anilines is 1. The Balaban J connectivity index is 3.02. The van der Waals surface area contributed by atoms with Gasteiger partial charge in [0.25, 0.3) is 0 Å². The summed E-state index contributed by atoms with van der Waals surface area (Å²) in [4.78, 5) is 2.44. The molecule has 2 nitrogen and oxygen atoms in total. The topological polar surface area (TPSA) is 23.5 Å². The van der Waals surface area contributed by atoms with E-state index in [4.69, 9.17) is 0 Å². The zero-order valence-corrected chi connectivity index (χ0v) is 15.7. The van der Waals surface area contributed by atoms with E-state index in [9.17, 15) is 5.11 Å². The molecule has 0 bridgehead atoms. The first kappa shape index (κ1) is 18.5. The molecule has 0 heterocycles. The quantitative estimate of drug-likeness (QED) is 0.674. The maximum Gasteiger partial charge on any atom is 0.0782 e. The van der Waals surface area contributed by atoms with Crippen LogP contribution in [0.5, 0.6) is 0 Å². The van der Waals surface area contributed by atoms with Crippen LogP contribution >= 0.6 is 15.9 Å². The van der Waals surface area contributed by atoms with Gasteiger partial charge in [0.1, 0.15) is 0 Å². The lowest BCUT2D eigenvalue weighted by Gasteiger charge is -2.29. The van der Waals surface area contributed by atoms with Crippen LogP contribution in [-0.4, -0.2) is 18.2 Å². The Hall–Kier alpha value is -0.540. The fourth-order valence-electron chi connectivity index (χ4n) is 2.32. The van der Waals surface area contributed by atoms with E-state index in [0.29, 0.717) is 11.8 Å². The highest BCUT2D eigenvalue weighted by Gasteiger charge is 2.15. The molecule has 0 spiro atoms. The van der Waals surface area contributed by atoms with E-state index in [1.807, 2.05) is 19.1 Å². The van der Waals surface area contributed by atoms with Gasteiger partial charge in [0, 0.05) is 28.8 Å². The summed E-state index contributed by atoms with van der Waals surface area (Å²) in [5.41, 5.74) is 2.19. The smallest absolute Gasteiger partial charge is 0.0782 e. The van der Waals surface area contributed by atoms with Gasteiger partial charge in [-0.15, -0.1) is 0 Å². The van der Waals surface area contributed by atoms with Gasteiger partial charge in [-0.1, -0.05) is 49.7 Å². The van der Waals surface area contributed by atoms with Gasteiger partial charge in [-0.2, -0.15) is 0 Å². The molecular weight excluding hydrogens is 326 g/mol. The predicted molar refractivity (Wildman–Crippen MR) is 95.9 cm³/mol. The number of aliphatic hydroxyl groups is 1. The molecule has 1 unspecified atom stereocenters. The second-order valence-electron chi connectivity index (χ2n) is 6.73. The van der Waals surface area contributed by atoms with Gasteiger partial charge in [-0.05, 0) is 43.7 Å². The summed E-state index contributed by atoms with van der Waals surface area (Å²) in [5, 5.41) is 10.1. The summed E-state index contributed by atoms with van der Waals surface area (Å²) in [5.74, 6) is 1.38. The van der Waals surface area contributed by atoms with Crippen LogP contribution in [0.3, 0.4) is 0 Å². The van der Waals surface area contributed by atoms with E-state index in [-0.39, 0.29) is 0 Å². The summed E-state index contributed by atoms with van der Waals surface area (Å²) < 4.78 is 1.07. The fourth-order valence-corrected chi connectivity index (χ4v) is 2.67. The van der Waals surface area contributed by atoms with Gasteiger partial charge in [0.05, 0.1) is 6.10 Å². The monoisotopic (exact) mass is 355 g/mol. The lowest BCUT2D eigenvalue weighted by Crippen LogP contribution is -2.28. The highest BCUT2D eigenvalue weighted by atomic mass is 79.9. The first-order valence-corrected chi connectivity index (χ1v) is 8.83. The molecule has 0 saturated carbocycles. The normalized spacial score (nSPS) is 13.0. The van der Waals surface area contributed by atoms with Crippen LogP contribution in [0.25, 0.3) is 0 Å². The molecule has 1 aromatic rings. The molecule has 0 aromatic heterocycles. The van der Waals surface area contributed by atoms with Crippen LogP contribution in [0.1, 0.15) is 59.1 Å². The third-order valence-electron chi connectivity index (χ3n) is 3.74. The lowest BCUT2D eigenvalue weighted by molar-refractivity contribution is 0.199. The Morgan fingerprint density at radius 1 is 1.00 bits per heavy atom. The van der Waals surface area contributed by atoms with Gasteiger partial charge in [0.15, 0.2) is 0 Å². The van der Waals surface area contributed by atoms with Crippen LogP contribution in [0.4, 0.5) is 5.69 Å². The van der Waals surface area contributed by atoms with Crippen molar-refractivity contribution in [1.29, 1.82) is 0 Å². The molecule has 21 heavy (non-hydrogen) atoms. The molecule has 0 fully saturated rings. The van der Waals surface area contributed by atoms with Gasteiger partial charge < -0.3 is 10.0 Å². The van der Waals surface area contributed by atoms with E-state index in [1.165, 1.54) is 18.5 Å². The highest BCUT2D eigenvalue weighted by Crippen LogP contribution is 2.30. The Morgan fingerprint density at radius 2 is 1.52 bits per heavy atom. The van der Waals surface area contributed by atoms with Crippen LogP contribution in [0.15, 0.2) is 22.7 Å². The molecule has 3 heteroatoms. The summed E-state index contributed by atoms with van der Waals surface area (Å²) in [7, 11) is 0. The molecule has 0 radical (unpaired) electrons. The molecule has 120 valence electrons. The average molecular weight is 356 g/mol. The SMILES string of the molecule is CC(C)CCN(CCC(C)C)c1cc(Br)ccc1C(C)O. The van der Waals surface area contributed by atoms with E-state index in [2.05, 4.69) is 54.6 Å². The third kappa shape index (κ3) is 6.39. The molecule has 1 rings (SSSR count). The van der Waals surface area contributed by atoms with Crippen molar-refractivity contribution in [3.8, 4) is 0 Å². The minimum atomic E-state index is -0.436. The van der Waals surface area contributed by atoms with Crippen molar-refractivity contribution in [3.63, 3.8) is 0 Å². The minimum absolute atomic E-state index is 0.436. The number of rotatable bonds is 8. The van der Waals surface area contributed by atoms with Crippen LogP contribution < -0.4 is 4.90 Å². The molecule has 0 amide bonds. The minimum Gasteiger partial charge on any atom is -0.389 e. The van der Waals surface area contributed by atoms with Gasteiger partial charge in [-0.25, -0.2) is 0 Å². The van der Waals surface area contributed by atoms with Gasteiger partial charge in [-0.3, -0.25) is 0 Å². The second kappa shape index (κ2) is 8.79. The number of nitrogens with zero attached hydrogens (tertiary/aromatic N) is 1. The first-order valence-electron chi connectivity index (χ1n) is 8.03. The molecule has 1 atom stereocenters. The van der Waals surface area contributed by atoms with Crippen LogP contribution in [0, 0.1) is 11.8 Å². The lowest BCUT2D eigenvalue weighted by atomic mass is 10.0. The molecule has 0 aliphatic carbocycles. The summed E-state index contributed by atoms with van der Waals surface area (Å²) in [6, 6.07) is 6.18. The third-order valence-corrected chi connectivity index (χ3v) is 4.23. The van der Waals surface area contributed by atoms with Gasteiger partial charge >= 0.3 is 0 Å². The van der Waals surface area contributed by atoms with Crippen LogP contribution in [-0.2, 0) is 0 Å². The van der Waals surface area contributed by atoms with Gasteiger partial charge in [0.2, 0.25) is 0 Å². The predicted octanol–water partition coefficient (Wildman–Crippen LogP) is 5.40. The summed E-state index contributed by atoms with van der Waals surface area (Å²) in [6.07, 6.45) is 1.90. The Labute approximate surface area is 138 Å². The van der Waals surface area contributed by atoms with Crippen molar-refractivity contribution in [1.82, 2.24) is 0 Å². The maximum atomic E-state index is 10.1. The fraction of sp³-hybridized carbons (Fsp3) is 0.667. The van der Waals surface area contributed by atoms with Crippen molar-refractivity contribution < 1.29 is 5.11 Å². The zero-order valence-electron chi connectivity index (χ0n) is 14.1. The Bertz CT molecular complexity index is 417. The zero-order chi connectivity index (χ0) is 16.0. The van der Waals surface area contributed by atoms with Crippen molar-refractivity contribution >= 4 is 21.6 Å². The molecule has 0 saturated heterocycles. The first-order chi connectivity index (χ1) is 9.81. The van der Waals surface area contributed by atoms with E-state index in [0.717, 1.165) is 23.1 Å².